The molecule has 0 radical (unpaired) electrons. The van der Waals surface area contributed by atoms with Crippen LogP contribution in [0.15, 0.2) is 42.6 Å². The molecule has 0 fully saturated rings. The Morgan fingerprint density at radius 2 is 1.90 bits per heavy atom. The Morgan fingerprint density at radius 1 is 1.20 bits per heavy atom. The molecular formula is C17H25N3. The summed E-state index contributed by atoms with van der Waals surface area (Å²) in [6, 6.07) is 13.3. The van der Waals surface area contributed by atoms with Crippen LogP contribution in [0.2, 0.25) is 0 Å². The summed E-state index contributed by atoms with van der Waals surface area (Å²) < 4.78 is 1.96. The highest BCUT2D eigenvalue weighted by Gasteiger charge is 2.29. The van der Waals surface area contributed by atoms with Gasteiger partial charge in [0.25, 0.3) is 0 Å². The number of hydrogen-bond donors (Lipinski definition) is 1. The van der Waals surface area contributed by atoms with Crippen LogP contribution >= 0.6 is 0 Å². The van der Waals surface area contributed by atoms with Crippen molar-refractivity contribution in [1.29, 1.82) is 0 Å². The first-order chi connectivity index (χ1) is 9.55. The summed E-state index contributed by atoms with van der Waals surface area (Å²) in [5, 5.41) is 7.73. The lowest BCUT2D eigenvalue weighted by Gasteiger charge is -2.35. The van der Waals surface area contributed by atoms with Gasteiger partial charge in [-0.15, -0.1) is 0 Å². The van der Waals surface area contributed by atoms with Crippen molar-refractivity contribution in [1.82, 2.24) is 15.1 Å². The highest BCUT2D eigenvalue weighted by atomic mass is 15.2. The van der Waals surface area contributed by atoms with Crippen molar-refractivity contribution in [3.05, 3.63) is 53.9 Å². The van der Waals surface area contributed by atoms with Crippen molar-refractivity contribution in [2.45, 2.75) is 38.1 Å². The topological polar surface area (TPSA) is 29.9 Å². The largest absolute Gasteiger partial charge is 0.316 e. The molecule has 1 aromatic carbocycles. The maximum Gasteiger partial charge on any atom is 0.0492 e. The zero-order valence-corrected chi connectivity index (χ0v) is 12.9. The molecule has 0 bridgehead atoms. The fourth-order valence-corrected chi connectivity index (χ4v) is 2.87. The molecule has 2 aromatic rings. The molecule has 3 nitrogen and oxygen atoms in total. The average Bonchev–Trinajstić information content (AvgIpc) is 2.86. The first kappa shape index (κ1) is 14.8. The molecule has 0 aliphatic carbocycles. The van der Waals surface area contributed by atoms with Crippen LogP contribution in [-0.4, -0.2) is 22.9 Å². The molecule has 1 aromatic heterocycles. The fraction of sp³-hybridized carbons (Fsp3) is 0.471. The van der Waals surface area contributed by atoms with Crippen LogP contribution in [0.3, 0.4) is 0 Å². The predicted octanol–water partition coefficient (Wildman–Crippen LogP) is 2.92. The van der Waals surface area contributed by atoms with Gasteiger partial charge in [0, 0.05) is 30.4 Å². The van der Waals surface area contributed by atoms with Crippen LogP contribution in [0, 0.1) is 0 Å². The smallest absolute Gasteiger partial charge is 0.0492 e. The Bertz CT molecular complexity index is 528. The quantitative estimate of drug-likeness (QED) is 0.875. The van der Waals surface area contributed by atoms with E-state index >= 15 is 0 Å². The summed E-state index contributed by atoms with van der Waals surface area (Å²) in [5.74, 6) is 0. The number of aromatic nitrogens is 2. The SMILES string of the molecule is CNC(CCc1ccnn1C)C(C)(C)c1ccccc1. The zero-order chi connectivity index (χ0) is 14.6. The van der Waals surface area contributed by atoms with E-state index in [0.29, 0.717) is 6.04 Å². The molecule has 108 valence electrons. The molecule has 3 heteroatoms. The second-order valence-electron chi connectivity index (χ2n) is 5.91. The van der Waals surface area contributed by atoms with E-state index in [2.05, 4.69) is 67.7 Å². The highest BCUT2D eigenvalue weighted by Crippen LogP contribution is 2.29. The minimum atomic E-state index is 0.106. The van der Waals surface area contributed by atoms with Crippen molar-refractivity contribution in [2.75, 3.05) is 7.05 Å². The Kier molecular flexibility index (Phi) is 4.61. The minimum Gasteiger partial charge on any atom is -0.316 e. The van der Waals surface area contributed by atoms with Crippen LogP contribution in [0.25, 0.3) is 0 Å². The lowest BCUT2D eigenvalue weighted by atomic mass is 9.76. The van der Waals surface area contributed by atoms with Gasteiger partial charge in [-0.3, -0.25) is 4.68 Å². The molecule has 0 spiro atoms. The lowest BCUT2D eigenvalue weighted by Crippen LogP contribution is -2.43. The van der Waals surface area contributed by atoms with Crippen LogP contribution in [-0.2, 0) is 18.9 Å². The van der Waals surface area contributed by atoms with Gasteiger partial charge in [-0.25, -0.2) is 0 Å². The second-order valence-corrected chi connectivity index (χ2v) is 5.91. The van der Waals surface area contributed by atoms with E-state index in [1.807, 2.05) is 17.9 Å². The van der Waals surface area contributed by atoms with E-state index in [-0.39, 0.29) is 5.41 Å². The minimum absolute atomic E-state index is 0.106. The molecule has 0 aliphatic rings. The molecule has 1 unspecified atom stereocenters. The maximum absolute atomic E-state index is 4.24. The first-order valence-electron chi connectivity index (χ1n) is 7.25. The van der Waals surface area contributed by atoms with Crippen LogP contribution in [0.5, 0.6) is 0 Å². The summed E-state index contributed by atoms with van der Waals surface area (Å²) in [7, 11) is 4.06. The molecule has 2 rings (SSSR count). The van der Waals surface area contributed by atoms with Crippen LogP contribution in [0.1, 0.15) is 31.5 Å². The second kappa shape index (κ2) is 6.23. The van der Waals surface area contributed by atoms with Crippen molar-refractivity contribution >= 4 is 0 Å². The van der Waals surface area contributed by atoms with E-state index in [1.165, 1.54) is 11.3 Å². The number of hydrogen-bond acceptors (Lipinski definition) is 2. The van der Waals surface area contributed by atoms with Gasteiger partial charge in [0.05, 0.1) is 0 Å². The van der Waals surface area contributed by atoms with Crippen molar-refractivity contribution in [2.24, 2.45) is 7.05 Å². The van der Waals surface area contributed by atoms with Gasteiger partial charge in [-0.1, -0.05) is 44.2 Å². The third kappa shape index (κ3) is 3.10. The Hall–Kier alpha value is -1.61. The average molecular weight is 271 g/mol. The molecule has 0 saturated heterocycles. The highest BCUT2D eigenvalue weighted by molar-refractivity contribution is 5.26. The van der Waals surface area contributed by atoms with Gasteiger partial charge >= 0.3 is 0 Å². The fourth-order valence-electron chi connectivity index (χ4n) is 2.87. The summed E-state index contributed by atoms with van der Waals surface area (Å²) in [4.78, 5) is 0. The predicted molar refractivity (Wildman–Crippen MR) is 83.8 cm³/mol. The van der Waals surface area contributed by atoms with E-state index in [9.17, 15) is 0 Å². The van der Waals surface area contributed by atoms with Gasteiger partial charge < -0.3 is 5.32 Å². The molecule has 0 saturated carbocycles. The number of likely N-dealkylation sites (N-methyl/N-ethyl adjacent to an activating group) is 1. The molecule has 0 amide bonds. The van der Waals surface area contributed by atoms with E-state index in [0.717, 1.165) is 12.8 Å². The molecule has 20 heavy (non-hydrogen) atoms. The van der Waals surface area contributed by atoms with Crippen molar-refractivity contribution in [3.63, 3.8) is 0 Å². The number of benzene rings is 1. The van der Waals surface area contributed by atoms with Gasteiger partial charge in [-0.2, -0.15) is 5.10 Å². The molecular weight excluding hydrogens is 246 g/mol. The van der Waals surface area contributed by atoms with Crippen molar-refractivity contribution in [3.8, 4) is 0 Å². The number of aryl methyl sites for hydroxylation is 2. The number of rotatable bonds is 6. The summed E-state index contributed by atoms with van der Waals surface area (Å²) >= 11 is 0. The zero-order valence-electron chi connectivity index (χ0n) is 12.9. The van der Waals surface area contributed by atoms with Gasteiger partial charge in [-0.05, 0) is 31.5 Å². The van der Waals surface area contributed by atoms with Gasteiger partial charge in [0.15, 0.2) is 0 Å². The summed E-state index contributed by atoms with van der Waals surface area (Å²) in [6.45, 7) is 4.62. The van der Waals surface area contributed by atoms with Crippen LogP contribution in [0.4, 0.5) is 0 Å². The van der Waals surface area contributed by atoms with E-state index in [4.69, 9.17) is 0 Å². The van der Waals surface area contributed by atoms with Crippen molar-refractivity contribution < 1.29 is 0 Å². The normalized spacial score (nSPS) is 13.4. The third-order valence-corrected chi connectivity index (χ3v) is 4.35. The number of nitrogens with one attached hydrogen (secondary N) is 1. The van der Waals surface area contributed by atoms with Gasteiger partial charge in [0.2, 0.25) is 0 Å². The first-order valence-corrected chi connectivity index (χ1v) is 7.25. The van der Waals surface area contributed by atoms with E-state index < -0.39 is 0 Å². The Balaban J connectivity index is 2.09. The maximum atomic E-state index is 4.24. The molecule has 1 N–H and O–H groups in total. The summed E-state index contributed by atoms with van der Waals surface area (Å²) in [5.41, 5.74) is 2.77. The number of nitrogens with zero attached hydrogens (tertiary/aromatic N) is 2. The standard InChI is InChI=1S/C17H25N3/c1-17(2,14-8-6-5-7-9-14)16(18-3)11-10-15-12-13-19-20(15)4/h5-9,12-13,16,18H,10-11H2,1-4H3. The van der Waals surface area contributed by atoms with Crippen LogP contribution < -0.4 is 5.32 Å². The molecule has 1 atom stereocenters. The summed E-state index contributed by atoms with van der Waals surface area (Å²) in [6.07, 6.45) is 4.00. The van der Waals surface area contributed by atoms with E-state index in [1.54, 1.807) is 0 Å². The third-order valence-electron chi connectivity index (χ3n) is 4.35. The Morgan fingerprint density at radius 3 is 2.45 bits per heavy atom. The Labute approximate surface area is 122 Å². The lowest BCUT2D eigenvalue weighted by molar-refractivity contribution is 0.338. The molecule has 1 heterocycles. The van der Waals surface area contributed by atoms with Gasteiger partial charge in [0.1, 0.15) is 0 Å². The molecule has 0 aliphatic heterocycles. The monoisotopic (exact) mass is 271 g/mol.